The number of hydrogen-bond donors (Lipinski definition) is 3. The largest absolute Gasteiger partial charge is 0.478 e. The third-order valence-electron chi connectivity index (χ3n) is 5.28. The van der Waals surface area contributed by atoms with Gasteiger partial charge in [0, 0.05) is 16.0 Å². The average molecular weight is 748 g/mol. The van der Waals surface area contributed by atoms with Gasteiger partial charge >= 0.3 is 17.9 Å². The quantitative estimate of drug-likeness (QED) is 0.216. The molecule has 0 fully saturated rings. The summed E-state index contributed by atoms with van der Waals surface area (Å²) in [6, 6.07) is 10.5. The van der Waals surface area contributed by atoms with Crippen molar-refractivity contribution >= 4 is 52.9 Å². The van der Waals surface area contributed by atoms with E-state index >= 15 is 0 Å². The first kappa shape index (κ1) is 34.7. The Morgan fingerprint density at radius 2 is 1.15 bits per heavy atom. The molecule has 1 aliphatic heterocycles. The molecule has 0 aliphatic carbocycles. The highest BCUT2D eigenvalue weighted by Gasteiger charge is 2.14. The molecule has 3 aromatic carbocycles. The third kappa shape index (κ3) is 10.1. The lowest BCUT2D eigenvalue weighted by molar-refractivity contribution is 0.0684. The van der Waals surface area contributed by atoms with Crippen LogP contribution in [0.4, 0.5) is 13.2 Å². The number of rotatable bonds is 5. The van der Waals surface area contributed by atoms with Gasteiger partial charge in [0.05, 0.1) is 47.2 Å². The highest BCUT2D eigenvalue weighted by atomic mass is 127. The van der Waals surface area contributed by atoms with Gasteiger partial charge in [0.15, 0.2) is 0 Å². The Morgan fingerprint density at radius 1 is 0.674 bits per heavy atom. The standard InChI is InChI=1S/2C9H6FN3O2.C7H4FIO2.C3H4N2/c10-6-1-2-8(7(5-6)9(14)15)13-4-3-11-12-13;10-6-1-2-8(7(5-6)9(14)15)13-11-3-4-12-13;8-4-1-2-6(9)5(3-4)7(10)11;1-2-5-3-4-1/h2*1-5H,(H,14,15);1-3H,(H,10,11);1-2H,3H2. The Kier molecular flexibility index (Phi) is 12.7. The Morgan fingerprint density at radius 3 is 1.59 bits per heavy atom. The van der Waals surface area contributed by atoms with Crippen LogP contribution in [0.2, 0.25) is 0 Å². The lowest BCUT2D eigenvalue weighted by Crippen LogP contribution is -2.08. The molecule has 46 heavy (non-hydrogen) atoms. The number of nitrogens with zero attached hydrogens (tertiary/aromatic N) is 8. The number of carboxylic acids is 3. The van der Waals surface area contributed by atoms with Crippen LogP contribution >= 0.6 is 22.6 Å². The van der Waals surface area contributed by atoms with Crippen molar-refractivity contribution in [1.29, 1.82) is 0 Å². The van der Waals surface area contributed by atoms with E-state index in [0.29, 0.717) is 10.2 Å². The Bertz CT molecular complexity index is 1770. The molecule has 236 valence electrons. The molecule has 0 saturated carbocycles. The van der Waals surface area contributed by atoms with Crippen LogP contribution in [0.5, 0.6) is 0 Å². The van der Waals surface area contributed by atoms with Crippen LogP contribution < -0.4 is 0 Å². The Hall–Kier alpha value is -5.79. The molecule has 0 radical (unpaired) electrons. The van der Waals surface area contributed by atoms with E-state index in [9.17, 15) is 27.6 Å². The van der Waals surface area contributed by atoms with E-state index < -0.39 is 35.4 Å². The van der Waals surface area contributed by atoms with Crippen molar-refractivity contribution in [2.24, 2.45) is 9.98 Å². The fourth-order valence-corrected chi connectivity index (χ4v) is 3.87. The number of benzene rings is 3. The summed E-state index contributed by atoms with van der Waals surface area (Å²) in [7, 11) is 0. The number of carboxylic acid groups (broad SMARTS) is 3. The molecule has 1 aliphatic rings. The molecule has 14 nitrogen and oxygen atoms in total. The predicted molar refractivity (Wildman–Crippen MR) is 164 cm³/mol. The van der Waals surface area contributed by atoms with Gasteiger partial charge in [-0.25, -0.2) is 32.2 Å². The lowest BCUT2D eigenvalue weighted by Gasteiger charge is -2.04. The molecule has 0 atom stereocenters. The van der Waals surface area contributed by atoms with E-state index in [4.69, 9.17) is 15.3 Å². The second kappa shape index (κ2) is 16.9. The minimum atomic E-state index is -1.22. The second-order valence-corrected chi connectivity index (χ2v) is 9.50. The first-order chi connectivity index (χ1) is 22.0. The summed E-state index contributed by atoms with van der Waals surface area (Å²) in [6.45, 7) is 0.639. The Labute approximate surface area is 270 Å². The third-order valence-corrected chi connectivity index (χ3v) is 6.22. The first-order valence-corrected chi connectivity index (χ1v) is 13.5. The molecule has 0 unspecified atom stereocenters. The number of halogens is 4. The van der Waals surface area contributed by atoms with E-state index in [-0.39, 0.29) is 28.1 Å². The molecule has 18 heteroatoms. The van der Waals surface area contributed by atoms with Crippen molar-refractivity contribution in [2.75, 3.05) is 6.67 Å². The van der Waals surface area contributed by atoms with E-state index in [1.807, 2.05) is 22.6 Å². The maximum Gasteiger partial charge on any atom is 0.338 e. The van der Waals surface area contributed by atoms with Gasteiger partial charge in [0.25, 0.3) is 0 Å². The molecule has 0 bridgehead atoms. The molecule has 3 N–H and O–H groups in total. The van der Waals surface area contributed by atoms with Crippen molar-refractivity contribution in [1.82, 2.24) is 30.0 Å². The number of carbonyl (C=O) groups is 3. The summed E-state index contributed by atoms with van der Waals surface area (Å²) in [5.41, 5.74) is 0.188. The van der Waals surface area contributed by atoms with Gasteiger partial charge in [-0.2, -0.15) is 15.0 Å². The van der Waals surface area contributed by atoms with E-state index in [1.54, 1.807) is 12.4 Å². The molecule has 0 spiro atoms. The monoisotopic (exact) mass is 748 g/mol. The minimum Gasteiger partial charge on any atom is -0.478 e. The van der Waals surface area contributed by atoms with Crippen molar-refractivity contribution in [2.45, 2.75) is 0 Å². The van der Waals surface area contributed by atoms with Crippen LogP contribution in [-0.4, -0.2) is 82.3 Å². The second-order valence-electron chi connectivity index (χ2n) is 8.33. The fraction of sp³-hybridized carbons (Fsp3) is 0.0357. The van der Waals surface area contributed by atoms with Crippen molar-refractivity contribution in [3.05, 3.63) is 117 Å². The van der Waals surface area contributed by atoms with Gasteiger partial charge in [0.1, 0.15) is 29.8 Å². The normalized spacial score (nSPS) is 10.9. The lowest BCUT2D eigenvalue weighted by atomic mass is 10.2. The SMILES string of the molecule is C1=NCN=C1.O=C(O)c1cc(F)ccc1-n1ccnn1.O=C(O)c1cc(F)ccc1-n1nccn1.O=C(O)c1cc(F)ccc1I. The van der Waals surface area contributed by atoms with E-state index in [1.165, 1.54) is 59.8 Å². The van der Waals surface area contributed by atoms with Crippen LogP contribution in [0.15, 0.2) is 89.4 Å². The maximum atomic E-state index is 12.8. The highest BCUT2D eigenvalue weighted by molar-refractivity contribution is 14.1. The van der Waals surface area contributed by atoms with E-state index in [0.717, 1.165) is 29.1 Å². The molecule has 2 aromatic heterocycles. The number of hydrogen-bond acceptors (Lipinski definition) is 9. The molecule has 6 rings (SSSR count). The summed E-state index contributed by atoms with van der Waals surface area (Å²) < 4.78 is 39.9. The van der Waals surface area contributed by atoms with Crippen LogP contribution in [0.25, 0.3) is 11.4 Å². The van der Waals surface area contributed by atoms with Crippen LogP contribution in [0.1, 0.15) is 31.1 Å². The summed E-state index contributed by atoms with van der Waals surface area (Å²) in [6.07, 6.45) is 9.11. The first-order valence-electron chi connectivity index (χ1n) is 12.4. The summed E-state index contributed by atoms with van der Waals surface area (Å²) in [5.74, 6) is -5.27. The number of aromatic carboxylic acids is 3. The molecular formula is C28H20F3IN8O6. The van der Waals surface area contributed by atoms with Crippen LogP contribution in [0, 0.1) is 21.0 Å². The molecular weight excluding hydrogens is 728 g/mol. The molecule has 5 aromatic rings. The maximum absolute atomic E-state index is 12.8. The zero-order valence-corrected chi connectivity index (χ0v) is 25.2. The summed E-state index contributed by atoms with van der Waals surface area (Å²) in [5, 5.41) is 41.0. The van der Waals surface area contributed by atoms with Crippen molar-refractivity contribution in [3.8, 4) is 11.4 Å². The van der Waals surface area contributed by atoms with Crippen molar-refractivity contribution < 1.29 is 42.9 Å². The van der Waals surface area contributed by atoms with Crippen LogP contribution in [0.3, 0.4) is 0 Å². The smallest absolute Gasteiger partial charge is 0.338 e. The summed E-state index contributed by atoms with van der Waals surface area (Å²) >= 11 is 1.84. The van der Waals surface area contributed by atoms with E-state index in [2.05, 4.69) is 30.5 Å². The topological polar surface area (TPSA) is 198 Å². The van der Waals surface area contributed by atoms with Crippen LogP contribution in [-0.2, 0) is 0 Å². The van der Waals surface area contributed by atoms with Gasteiger partial charge in [-0.3, -0.25) is 9.98 Å². The molecule has 0 saturated heterocycles. The minimum absolute atomic E-state index is 0.00519. The zero-order valence-electron chi connectivity index (χ0n) is 23.0. The predicted octanol–water partition coefficient (Wildman–Crippen LogP) is 4.44. The fourth-order valence-electron chi connectivity index (χ4n) is 3.31. The van der Waals surface area contributed by atoms with Crippen molar-refractivity contribution in [3.63, 3.8) is 0 Å². The highest BCUT2D eigenvalue weighted by Crippen LogP contribution is 2.16. The number of aromatic nitrogens is 6. The van der Waals surface area contributed by atoms with Gasteiger partial charge < -0.3 is 15.3 Å². The van der Waals surface area contributed by atoms with Gasteiger partial charge in [-0.05, 0) is 77.2 Å². The summed E-state index contributed by atoms with van der Waals surface area (Å²) in [4.78, 5) is 40.7. The molecule has 3 heterocycles. The van der Waals surface area contributed by atoms with Gasteiger partial charge in [0.2, 0.25) is 0 Å². The zero-order chi connectivity index (χ0) is 33.6. The van der Waals surface area contributed by atoms with Gasteiger partial charge in [-0.15, -0.1) is 5.10 Å². The Balaban J connectivity index is 0.000000176. The van der Waals surface area contributed by atoms with Gasteiger partial charge in [-0.1, -0.05) is 5.21 Å². The number of aliphatic imine (C=N–C) groups is 2. The molecule has 0 amide bonds. The average Bonchev–Trinajstić information content (AvgIpc) is 3.84.